The molecule has 0 heterocycles. The molecule has 4 nitrogen and oxygen atoms in total. The van der Waals surface area contributed by atoms with Crippen molar-refractivity contribution in [1.29, 1.82) is 0 Å². The maximum absolute atomic E-state index is 11.7. The maximum Gasteiger partial charge on any atom is 0.305 e. The quantitative estimate of drug-likeness (QED) is 0.241. The van der Waals surface area contributed by atoms with Gasteiger partial charge in [-0.15, -0.1) is 0 Å². The Hall–Kier alpha value is -1.84. The van der Waals surface area contributed by atoms with Gasteiger partial charge in [0.2, 0.25) is 0 Å². The minimum Gasteiger partial charge on any atom is -0.466 e. The van der Waals surface area contributed by atoms with Gasteiger partial charge in [0.15, 0.2) is 0 Å². The summed E-state index contributed by atoms with van der Waals surface area (Å²) in [6.45, 7) is 3.20. The van der Waals surface area contributed by atoms with Crippen molar-refractivity contribution in [3.8, 4) is 0 Å². The van der Waals surface area contributed by atoms with Crippen LogP contribution in [-0.4, -0.2) is 25.2 Å². The third kappa shape index (κ3) is 14.2. The Balaban J connectivity index is 1.83. The van der Waals surface area contributed by atoms with E-state index in [1.165, 1.54) is 5.56 Å². The summed E-state index contributed by atoms with van der Waals surface area (Å²) in [6.07, 6.45) is 12.2. The normalized spacial score (nSPS) is 10.6. The van der Waals surface area contributed by atoms with Gasteiger partial charge in [-0.1, -0.05) is 75.8 Å². The summed E-state index contributed by atoms with van der Waals surface area (Å²) in [6, 6.07) is 10.3. The summed E-state index contributed by atoms with van der Waals surface area (Å²) < 4.78 is 10.5. The summed E-state index contributed by atoms with van der Waals surface area (Å²) >= 11 is 0. The van der Waals surface area contributed by atoms with E-state index in [9.17, 15) is 9.59 Å². The molecule has 0 N–H and O–H groups in total. The van der Waals surface area contributed by atoms with Gasteiger partial charge in [0, 0.05) is 12.8 Å². The summed E-state index contributed by atoms with van der Waals surface area (Å²) in [5, 5.41) is 0. The van der Waals surface area contributed by atoms with Crippen LogP contribution in [0.25, 0.3) is 0 Å². The Morgan fingerprint density at radius 1 is 0.679 bits per heavy atom. The Morgan fingerprint density at radius 2 is 1.21 bits per heavy atom. The van der Waals surface area contributed by atoms with Gasteiger partial charge in [0.05, 0.1) is 13.2 Å². The molecule has 0 spiro atoms. The summed E-state index contributed by atoms with van der Waals surface area (Å²) in [4.78, 5) is 23.2. The highest BCUT2D eigenvalue weighted by atomic mass is 16.5. The molecule has 0 radical (unpaired) electrons. The largest absolute Gasteiger partial charge is 0.466 e. The molecule has 1 aromatic carbocycles. The fourth-order valence-corrected chi connectivity index (χ4v) is 3.04. The Bertz CT molecular complexity index is 513. The van der Waals surface area contributed by atoms with Gasteiger partial charge in [0.25, 0.3) is 0 Å². The lowest BCUT2D eigenvalue weighted by molar-refractivity contribution is -0.144. The smallest absolute Gasteiger partial charge is 0.305 e. The molecule has 158 valence electrons. The van der Waals surface area contributed by atoms with Crippen molar-refractivity contribution in [2.24, 2.45) is 0 Å². The third-order valence-electron chi connectivity index (χ3n) is 4.74. The molecule has 0 bridgehead atoms. The first-order valence-corrected chi connectivity index (χ1v) is 11.1. The van der Waals surface area contributed by atoms with Crippen LogP contribution in [-0.2, 0) is 25.5 Å². The predicted molar refractivity (Wildman–Crippen MR) is 113 cm³/mol. The number of ether oxygens (including phenoxy) is 2. The Labute approximate surface area is 171 Å². The van der Waals surface area contributed by atoms with Gasteiger partial charge < -0.3 is 9.47 Å². The van der Waals surface area contributed by atoms with E-state index < -0.39 is 0 Å². The first-order valence-electron chi connectivity index (χ1n) is 11.1. The molecule has 28 heavy (non-hydrogen) atoms. The van der Waals surface area contributed by atoms with Crippen molar-refractivity contribution >= 4 is 11.9 Å². The van der Waals surface area contributed by atoms with Crippen LogP contribution >= 0.6 is 0 Å². The SMILES string of the molecule is CCCCCOC(=O)CCCCCCCCC(=O)OCCCc1ccccc1. The summed E-state index contributed by atoms with van der Waals surface area (Å²) in [7, 11) is 0. The number of hydrogen-bond acceptors (Lipinski definition) is 4. The molecule has 0 fully saturated rings. The molecule has 0 aliphatic heterocycles. The number of carbonyl (C=O) groups is 2. The molecule has 0 atom stereocenters. The molecular weight excluding hydrogens is 352 g/mol. The second kappa shape index (κ2) is 17.3. The number of rotatable bonds is 17. The number of hydrogen-bond donors (Lipinski definition) is 0. The van der Waals surface area contributed by atoms with Crippen LogP contribution in [0.2, 0.25) is 0 Å². The maximum atomic E-state index is 11.7. The van der Waals surface area contributed by atoms with Crippen molar-refractivity contribution in [2.75, 3.05) is 13.2 Å². The van der Waals surface area contributed by atoms with Crippen molar-refractivity contribution in [3.63, 3.8) is 0 Å². The van der Waals surface area contributed by atoms with Gasteiger partial charge in [0.1, 0.15) is 0 Å². The predicted octanol–water partition coefficient (Wildman–Crippen LogP) is 6.02. The molecule has 0 amide bonds. The van der Waals surface area contributed by atoms with Crippen LogP contribution in [0, 0.1) is 0 Å². The van der Waals surface area contributed by atoms with E-state index in [1.54, 1.807) is 0 Å². The standard InChI is InChI=1S/C24H38O4/c1-2-3-13-20-27-23(25)18-11-6-4-5-7-12-19-24(26)28-21-14-17-22-15-9-8-10-16-22/h8-10,15-16H,2-7,11-14,17-21H2,1H3. The monoisotopic (exact) mass is 390 g/mol. The number of esters is 2. The van der Waals surface area contributed by atoms with Crippen molar-refractivity contribution < 1.29 is 19.1 Å². The lowest BCUT2D eigenvalue weighted by Crippen LogP contribution is -2.06. The van der Waals surface area contributed by atoms with Gasteiger partial charge in [-0.3, -0.25) is 9.59 Å². The molecule has 0 aliphatic carbocycles. The second-order valence-corrected chi connectivity index (χ2v) is 7.36. The summed E-state index contributed by atoms with van der Waals surface area (Å²) in [5.74, 6) is -0.148. The molecule has 0 aliphatic rings. The Kier molecular flexibility index (Phi) is 14.9. The molecule has 0 saturated heterocycles. The third-order valence-corrected chi connectivity index (χ3v) is 4.74. The van der Waals surface area contributed by atoms with E-state index in [-0.39, 0.29) is 11.9 Å². The van der Waals surface area contributed by atoms with Gasteiger partial charge in [-0.05, 0) is 37.7 Å². The molecule has 1 aromatic rings. The Morgan fingerprint density at radius 3 is 1.79 bits per heavy atom. The zero-order chi connectivity index (χ0) is 20.3. The van der Waals surface area contributed by atoms with Crippen molar-refractivity contribution in [2.45, 2.75) is 90.4 Å². The van der Waals surface area contributed by atoms with Crippen LogP contribution in [0.1, 0.15) is 89.5 Å². The molecule has 0 saturated carbocycles. The fourth-order valence-electron chi connectivity index (χ4n) is 3.04. The van der Waals surface area contributed by atoms with Gasteiger partial charge in [-0.25, -0.2) is 0 Å². The fraction of sp³-hybridized carbons (Fsp3) is 0.667. The van der Waals surface area contributed by atoms with Gasteiger partial charge >= 0.3 is 11.9 Å². The highest BCUT2D eigenvalue weighted by molar-refractivity contribution is 5.69. The minimum absolute atomic E-state index is 0.0638. The highest BCUT2D eigenvalue weighted by Crippen LogP contribution is 2.10. The first-order chi connectivity index (χ1) is 13.7. The van der Waals surface area contributed by atoms with Crippen LogP contribution in [0.5, 0.6) is 0 Å². The number of benzene rings is 1. The van der Waals surface area contributed by atoms with Crippen LogP contribution in [0.4, 0.5) is 0 Å². The molecular formula is C24H38O4. The van der Waals surface area contributed by atoms with E-state index in [0.29, 0.717) is 26.1 Å². The second-order valence-electron chi connectivity index (χ2n) is 7.36. The zero-order valence-corrected chi connectivity index (χ0v) is 17.6. The number of carbonyl (C=O) groups excluding carboxylic acids is 2. The average Bonchev–Trinajstić information content (AvgIpc) is 2.71. The topological polar surface area (TPSA) is 52.6 Å². The van der Waals surface area contributed by atoms with Crippen molar-refractivity contribution in [1.82, 2.24) is 0 Å². The van der Waals surface area contributed by atoms with E-state index in [2.05, 4.69) is 19.1 Å². The van der Waals surface area contributed by atoms with Crippen LogP contribution in [0.15, 0.2) is 30.3 Å². The first kappa shape index (κ1) is 24.2. The molecule has 1 rings (SSSR count). The van der Waals surface area contributed by atoms with Crippen LogP contribution in [0.3, 0.4) is 0 Å². The zero-order valence-electron chi connectivity index (χ0n) is 17.6. The van der Waals surface area contributed by atoms with Gasteiger partial charge in [-0.2, -0.15) is 0 Å². The lowest BCUT2D eigenvalue weighted by atomic mass is 10.1. The number of aryl methyl sites for hydroxylation is 1. The number of unbranched alkanes of at least 4 members (excludes halogenated alkanes) is 7. The van der Waals surface area contributed by atoms with E-state index in [1.807, 2.05) is 18.2 Å². The average molecular weight is 391 g/mol. The van der Waals surface area contributed by atoms with Crippen LogP contribution < -0.4 is 0 Å². The highest BCUT2D eigenvalue weighted by Gasteiger charge is 2.04. The molecule has 4 heteroatoms. The minimum atomic E-state index is -0.0844. The summed E-state index contributed by atoms with van der Waals surface area (Å²) in [5.41, 5.74) is 1.28. The lowest BCUT2D eigenvalue weighted by Gasteiger charge is -2.06. The molecule has 0 unspecified atom stereocenters. The van der Waals surface area contributed by atoms with E-state index in [0.717, 1.165) is 70.6 Å². The van der Waals surface area contributed by atoms with E-state index >= 15 is 0 Å². The van der Waals surface area contributed by atoms with E-state index in [4.69, 9.17) is 9.47 Å². The van der Waals surface area contributed by atoms with Crippen molar-refractivity contribution in [3.05, 3.63) is 35.9 Å². The molecule has 0 aromatic heterocycles.